The highest BCUT2D eigenvalue weighted by molar-refractivity contribution is 6.42. The number of hydrogen-bond donors (Lipinski definition) is 1. The third-order valence-electron chi connectivity index (χ3n) is 2.94. The minimum atomic E-state index is -0.434. The number of hydrazone groups is 1. The average molecular weight is 379 g/mol. The number of benzene rings is 2. The first-order chi connectivity index (χ1) is 12.1. The van der Waals surface area contributed by atoms with E-state index in [1.807, 2.05) is 18.2 Å². The van der Waals surface area contributed by atoms with E-state index in [4.69, 9.17) is 32.7 Å². The van der Waals surface area contributed by atoms with Crippen molar-refractivity contribution in [2.75, 3.05) is 13.2 Å². The number of amides is 1. The van der Waals surface area contributed by atoms with Crippen molar-refractivity contribution in [3.8, 4) is 11.5 Å². The molecule has 2 rings (SSSR count). The van der Waals surface area contributed by atoms with E-state index in [1.165, 1.54) is 6.21 Å². The molecule has 1 amide bonds. The summed E-state index contributed by atoms with van der Waals surface area (Å²) in [7, 11) is 0. The fourth-order valence-corrected chi connectivity index (χ4v) is 2.16. The zero-order chi connectivity index (χ0) is 18.1. The molecule has 0 aromatic heterocycles. The van der Waals surface area contributed by atoms with Crippen molar-refractivity contribution in [3.05, 3.63) is 70.7 Å². The van der Waals surface area contributed by atoms with Gasteiger partial charge < -0.3 is 9.47 Å². The second kappa shape index (κ2) is 9.71. The Morgan fingerprint density at radius 1 is 1.12 bits per heavy atom. The topological polar surface area (TPSA) is 59.9 Å². The first-order valence-electron chi connectivity index (χ1n) is 7.33. The molecule has 2 aromatic carbocycles. The van der Waals surface area contributed by atoms with Gasteiger partial charge in [-0.25, -0.2) is 5.43 Å². The molecule has 5 nitrogen and oxygen atoms in total. The fourth-order valence-electron chi connectivity index (χ4n) is 1.81. The molecule has 25 heavy (non-hydrogen) atoms. The summed E-state index contributed by atoms with van der Waals surface area (Å²) < 4.78 is 10.8. The molecule has 130 valence electrons. The zero-order valence-corrected chi connectivity index (χ0v) is 14.8. The summed E-state index contributed by atoms with van der Waals surface area (Å²) >= 11 is 11.9. The number of nitrogens with zero attached hydrogens (tertiary/aromatic N) is 1. The number of ether oxygens (including phenoxy) is 2. The van der Waals surface area contributed by atoms with Crippen LogP contribution in [0.1, 0.15) is 5.56 Å². The summed E-state index contributed by atoms with van der Waals surface area (Å²) in [4.78, 5) is 11.8. The lowest BCUT2D eigenvalue weighted by molar-refractivity contribution is -0.123. The van der Waals surface area contributed by atoms with Gasteiger partial charge in [0.1, 0.15) is 23.1 Å². The van der Waals surface area contributed by atoms with E-state index < -0.39 is 5.91 Å². The summed E-state index contributed by atoms with van der Waals surface area (Å²) in [6.07, 6.45) is 3.14. The highest BCUT2D eigenvalue weighted by Gasteiger charge is 2.08. The maximum absolute atomic E-state index is 11.8. The van der Waals surface area contributed by atoms with Crippen molar-refractivity contribution in [2.24, 2.45) is 5.10 Å². The highest BCUT2D eigenvalue weighted by Crippen LogP contribution is 2.31. The van der Waals surface area contributed by atoms with Crippen molar-refractivity contribution >= 4 is 35.3 Å². The second-order valence-corrected chi connectivity index (χ2v) is 5.56. The molecule has 0 fully saturated rings. The standard InChI is InChI=1S/C18H16Cl2N2O3/c1-2-10-24-15-8-4-3-6-13(15)11-21-22-17(23)12-25-16-9-5-7-14(19)18(16)20/h2-9,11H,1,10,12H2,(H,22,23)/b21-11+. The Labute approximate surface area is 155 Å². The van der Waals surface area contributed by atoms with E-state index in [0.29, 0.717) is 23.1 Å². The van der Waals surface area contributed by atoms with Crippen LogP contribution in [0.4, 0.5) is 0 Å². The van der Waals surface area contributed by atoms with Crippen LogP contribution in [0.2, 0.25) is 10.0 Å². The van der Waals surface area contributed by atoms with E-state index in [9.17, 15) is 4.79 Å². The monoisotopic (exact) mass is 378 g/mol. The van der Waals surface area contributed by atoms with Crippen molar-refractivity contribution in [3.63, 3.8) is 0 Å². The van der Waals surface area contributed by atoms with Gasteiger partial charge in [0.05, 0.1) is 11.2 Å². The molecule has 1 N–H and O–H groups in total. The molecular formula is C18H16Cl2N2O3. The lowest BCUT2D eigenvalue weighted by Crippen LogP contribution is -2.24. The maximum atomic E-state index is 11.8. The van der Waals surface area contributed by atoms with Crippen LogP contribution in [0.5, 0.6) is 11.5 Å². The number of carbonyl (C=O) groups excluding carboxylic acids is 1. The molecule has 0 saturated carbocycles. The van der Waals surface area contributed by atoms with Crippen molar-refractivity contribution in [2.45, 2.75) is 0 Å². The van der Waals surface area contributed by atoms with Crippen LogP contribution in [0.25, 0.3) is 0 Å². The van der Waals surface area contributed by atoms with Crippen LogP contribution in [0.3, 0.4) is 0 Å². The van der Waals surface area contributed by atoms with Crippen LogP contribution in [-0.2, 0) is 4.79 Å². The molecule has 2 aromatic rings. The smallest absolute Gasteiger partial charge is 0.277 e. The molecule has 0 radical (unpaired) electrons. The Morgan fingerprint density at radius 3 is 2.68 bits per heavy atom. The quantitative estimate of drug-likeness (QED) is 0.427. The summed E-state index contributed by atoms with van der Waals surface area (Å²) in [5.74, 6) is 0.538. The summed E-state index contributed by atoms with van der Waals surface area (Å²) in [6, 6.07) is 12.2. The maximum Gasteiger partial charge on any atom is 0.277 e. The zero-order valence-electron chi connectivity index (χ0n) is 13.2. The third-order valence-corrected chi connectivity index (χ3v) is 3.75. The minimum absolute atomic E-state index is 0.244. The molecule has 0 unspecified atom stereocenters. The minimum Gasteiger partial charge on any atom is -0.489 e. The summed E-state index contributed by atoms with van der Waals surface area (Å²) in [5.41, 5.74) is 3.10. The van der Waals surface area contributed by atoms with Crippen molar-refractivity contribution < 1.29 is 14.3 Å². The molecular weight excluding hydrogens is 363 g/mol. The molecule has 0 aliphatic heterocycles. The molecule has 0 heterocycles. The van der Waals surface area contributed by atoms with Gasteiger partial charge in [-0.1, -0.05) is 54.1 Å². The average Bonchev–Trinajstić information content (AvgIpc) is 2.62. The number of halogens is 2. The normalized spacial score (nSPS) is 10.5. The van der Waals surface area contributed by atoms with Gasteiger partial charge in [-0.3, -0.25) is 4.79 Å². The largest absolute Gasteiger partial charge is 0.489 e. The SMILES string of the molecule is C=CCOc1ccccc1/C=N/NC(=O)COc1cccc(Cl)c1Cl. The van der Waals surface area contributed by atoms with Gasteiger partial charge >= 0.3 is 0 Å². The van der Waals surface area contributed by atoms with Gasteiger partial charge in [-0.2, -0.15) is 5.10 Å². The number of carbonyl (C=O) groups is 1. The third kappa shape index (κ3) is 5.81. The summed E-state index contributed by atoms with van der Waals surface area (Å²) in [5, 5.41) is 4.51. The Kier molecular flexibility index (Phi) is 7.32. The molecule has 7 heteroatoms. The fraction of sp³-hybridized carbons (Fsp3) is 0.111. The Balaban J connectivity index is 1.88. The first-order valence-corrected chi connectivity index (χ1v) is 8.09. The number of nitrogens with one attached hydrogen (secondary N) is 1. The van der Waals surface area contributed by atoms with Crippen LogP contribution in [-0.4, -0.2) is 25.3 Å². The van der Waals surface area contributed by atoms with Gasteiger partial charge in [0.25, 0.3) is 5.91 Å². The van der Waals surface area contributed by atoms with E-state index in [-0.39, 0.29) is 11.6 Å². The van der Waals surface area contributed by atoms with E-state index in [1.54, 1.807) is 30.3 Å². The number of para-hydroxylation sites is 1. The van der Waals surface area contributed by atoms with E-state index >= 15 is 0 Å². The molecule has 0 saturated heterocycles. The van der Waals surface area contributed by atoms with Crippen LogP contribution >= 0.6 is 23.2 Å². The van der Waals surface area contributed by atoms with Gasteiger partial charge in [0, 0.05) is 5.56 Å². The van der Waals surface area contributed by atoms with Crippen molar-refractivity contribution in [1.29, 1.82) is 0 Å². The Morgan fingerprint density at radius 2 is 1.88 bits per heavy atom. The predicted octanol–water partition coefficient (Wildman–Crippen LogP) is 4.09. The molecule has 0 atom stereocenters. The highest BCUT2D eigenvalue weighted by atomic mass is 35.5. The lowest BCUT2D eigenvalue weighted by Gasteiger charge is -2.08. The second-order valence-electron chi connectivity index (χ2n) is 4.77. The van der Waals surface area contributed by atoms with E-state index in [2.05, 4.69) is 17.1 Å². The molecule has 0 aliphatic rings. The Bertz CT molecular complexity index is 779. The first kappa shape index (κ1) is 18.8. The molecule has 0 bridgehead atoms. The predicted molar refractivity (Wildman–Crippen MR) is 99.8 cm³/mol. The van der Waals surface area contributed by atoms with Crippen LogP contribution < -0.4 is 14.9 Å². The van der Waals surface area contributed by atoms with Crippen LogP contribution in [0.15, 0.2) is 60.2 Å². The summed E-state index contributed by atoms with van der Waals surface area (Å²) in [6.45, 7) is 3.74. The van der Waals surface area contributed by atoms with Gasteiger partial charge in [0.2, 0.25) is 0 Å². The van der Waals surface area contributed by atoms with E-state index in [0.717, 1.165) is 5.56 Å². The van der Waals surface area contributed by atoms with Gasteiger partial charge in [-0.15, -0.1) is 0 Å². The lowest BCUT2D eigenvalue weighted by atomic mass is 10.2. The number of rotatable bonds is 8. The Hall–Kier alpha value is -2.50. The molecule has 0 spiro atoms. The van der Waals surface area contributed by atoms with Gasteiger partial charge in [-0.05, 0) is 24.3 Å². The number of hydrogen-bond acceptors (Lipinski definition) is 4. The van der Waals surface area contributed by atoms with Crippen LogP contribution in [0, 0.1) is 0 Å². The molecule has 0 aliphatic carbocycles. The van der Waals surface area contributed by atoms with Crippen molar-refractivity contribution in [1.82, 2.24) is 5.43 Å². The van der Waals surface area contributed by atoms with Gasteiger partial charge in [0.15, 0.2) is 6.61 Å².